The van der Waals surface area contributed by atoms with Crippen LogP contribution in [0.15, 0.2) is 30.4 Å². The number of sulfonamides is 1. The number of benzene rings is 1. The van der Waals surface area contributed by atoms with Crippen LogP contribution < -0.4 is 29.7 Å². The molecule has 1 aromatic carbocycles. The van der Waals surface area contributed by atoms with E-state index >= 15 is 0 Å². The monoisotopic (exact) mass is 799 g/mol. The molecular formula is C38H50FN7O9S. The first-order valence-electron chi connectivity index (χ1n) is 19.4. The number of hydrogen-bond acceptors (Lipinski definition) is 11. The van der Waals surface area contributed by atoms with E-state index in [1.807, 2.05) is 13.0 Å². The van der Waals surface area contributed by atoms with Gasteiger partial charge in [0.2, 0.25) is 33.7 Å². The van der Waals surface area contributed by atoms with Crippen molar-refractivity contribution in [2.45, 2.75) is 100 Å². The molecule has 7 atom stereocenters. The fourth-order valence-electron chi connectivity index (χ4n) is 8.39. The maximum absolute atomic E-state index is 14.5. The number of anilines is 1. The second kappa shape index (κ2) is 15.3. The van der Waals surface area contributed by atoms with Crippen LogP contribution in [0.5, 0.6) is 11.6 Å². The zero-order valence-electron chi connectivity index (χ0n) is 31.8. The van der Waals surface area contributed by atoms with Crippen LogP contribution in [0.3, 0.4) is 0 Å². The summed E-state index contributed by atoms with van der Waals surface area (Å²) < 4.78 is 52.6. The molecule has 0 bridgehead atoms. The predicted molar refractivity (Wildman–Crippen MR) is 202 cm³/mol. The Hall–Kier alpha value is -4.74. The Bertz CT molecular complexity index is 2020. The number of halogens is 1. The highest BCUT2D eigenvalue weighted by Gasteiger charge is 2.64. The van der Waals surface area contributed by atoms with Crippen molar-refractivity contribution in [2.24, 2.45) is 17.8 Å². The minimum Gasteiger partial charge on any atom is -0.497 e. The highest BCUT2D eigenvalue weighted by atomic mass is 32.2. The number of carboxylic acid groups (broad SMARTS) is 1. The number of ether oxygens (including phenoxy) is 2. The van der Waals surface area contributed by atoms with Gasteiger partial charge in [-0.2, -0.15) is 4.98 Å². The third-order valence-electron chi connectivity index (χ3n) is 12.1. The van der Waals surface area contributed by atoms with Gasteiger partial charge in [0.15, 0.2) is 0 Å². The van der Waals surface area contributed by atoms with E-state index in [-0.39, 0.29) is 44.0 Å². The number of rotatable bonds is 9. The van der Waals surface area contributed by atoms with Gasteiger partial charge in [-0.15, -0.1) is 0 Å². The number of allylic oxidation sites excluding steroid dienone is 1. The van der Waals surface area contributed by atoms with E-state index in [4.69, 9.17) is 19.4 Å². The van der Waals surface area contributed by atoms with E-state index in [1.54, 1.807) is 38.3 Å². The van der Waals surface area contributed by atoms with Crippen LogP contribution in [0.25, 0.3) is 10.9 Å². The molecule has 4 amide bonds. The average molecular weight is 800 g/mol. The van der Waals surface area contributed by atoms with Crippen molar-refractivity contribution >= 4 is 50.7 Å². The van der Waals surface area contributed by atoms with Gasteiger partial charge in [0.1, 0.15) is 40.9 Å². The van der Waals surface area contributed by atoms with Crippen LogP contribution in [-0.2, 0) is 24.4 Å². The second-order valence-electron chi connectivity index (χ2n) is 16.2. The van der Waals surface area contributed by atoms with Crippen LogP contribution in [-0.4, -0.2) is 114 Å². The van der Waals surface area contributed by atoms with Gasteiger partial charge in [-0.3, -0.25) is 19.1 Å². The third-order valence-corrected chi connectivity index (χ3v) is 14.2. The van der Waals surface area contributed by atoms with Gasteiger partial charge in [-0.05, 0) is 75.3 Å². The summed E-state index contributed by atoms with van der Waals surface area (Å²) in [5.41, 5.74) is -1.10. The number of carbonyl (C=O) groups is 4. The minimum atomic E-state index is -4.40. The van der Waals surface area contributed by atoms with E-state index < -0.39 is 80.8 Å². The van der Waals surface area contributed by atoms with E-state index in [1.165, 1.54) is 4.90 Å². The third kappa shape index (κ3) is 7.68. The average Bonchev–Trinajstić information content (AvgIpc) is 3.97. The molecule has 1 aromatic heterocycles. The van der Waals surface area contributed by atoms with E-state index in [0.717, 1.165) is 25.9 Å². The van der Waals surface area contributed by atoms with E-state index in [9.17, 15) is 37.1 Å². The highest BCUT2D eigenvalue weighted by molar-refractivity contribution is 7.91. The van der Waals surface area contributed by atoms with Crippen molar-refractivity contribution in [1.29, 1.82) is 0 Å². The Labute approximate surface area is 325 Å². The van der Waals surface area contributed by atoms with Crippen molar-refractivity contribution in [3.05, 3.63) is 30.4 Å². The van der Waals surface area contributed by atoms with Gasteiger partial charge in [0.05, 0.1) is 24.6 Å². The summed E-state index contributed by atoms with van der Waals surface area (Å²) in [4.78, 5) is 67.8. The smallest absolute Gasteiger partial charge is 0.405 e. The lowest BCUT2D eigenvalue weighted by atomic mass is 9.88. The van der Waals surface area contributed by atoms with Gasteiger partial charge < -0.3 is 35.0 Å². The summed E-state index contributed by atoms with van der Waals surface area (Å²) in [6, 6.07) is 2.85. The number of aromatic nitrogens is 2. The summed E-state index contributed by atoms with van der Waals surface area (Å²) in [7, 11) is -2.85. The van der Waals surface area contributed by atoms with Crippen LogP contribution >= 0.6 is 0 Å². The lowest BCUT2D eigenvalue weighted by Crippen LogP contribution is -2.59. The quantitative estimate of drug-likeness (QED) is 0.270. The van der Waals surface area contributed by atoms with Crippen molar-refractivity contribution in [1.82, 2.24) is 30.2 Å². The Morgan fingerprint density at radius 1 is 1.12 bits per heavy atom. The van der Waals surface area contributed by atoms with Crippen LogP contribution in [0, 0.1) is 17.8 Å². The van der Waals surface area contributed by atoms with Crippen molar-refractivity contribution < 1.29 is 46.6 Å². The van der Waals surface area contributed by atoms with Gasteiger partial charge in [-0.25, -0.2) is 22.6 Å². The number of carbonyl (C=O) groups excluding carboxylic acids is 3. The molecule has 4 fully saturated rings. The fraction of sp³-hybridized carbons (Fsp3) is 0.632. The number of hydrogen-bond donors (Lipinski definition) is 4. The molecule has 2 saturated heterocycles. The topological polar surface area (TPSA) is 209 Å². The van der Waals surface area contributed by atoms with Crippen LogP contribution in [0.2, 0.25) is 0 Å². The van der Waals surface area contributed by atoms with E-state index in [2.05, 4.69) is 20.3 Å². The molecule has 3 aliphatic heterocycles. The molecule has 0 unspecified atom stereocenters. The zero-order valence-corrected chi connectivity index (χ0v) is 32.6. The van der Waals surface area contributed by atoms with Crippen LogP contribution in [0.1, 0.15) is 71.6 Å². The van der Waals surface area contributed by atoms with Crippen LogP contribution in [0.4, 0.5) is 15.1 Å². The lowest BCUT2D eigenvalue weighted by molar-refractivity contribution is -0.142. The first-order valence-corrected chi connectivity index (χ1v) is 20.9. The number of fused-ring (bicyclic) bond motifs is 3. The number of nitrogens with one attached hydrogen (secondary N) is 3. The molecule has 0 spiro atoms. The predicted octanol–water partition coefficient (Wildman–Crippen LogP) is 3.06. The Morgan fingerprint density at radius 3 is 2.55 bits per heavy atom. The largest absolute Gasteiger partial charge is 0.497 e. The first-order chi connectivity index (χ1) is 26.7. The molecule has 16 nitrogen and oxygen atoms in total. The molecule has 2 aromatic rings. The summed E-state index contributed by atoms with van der Waals surface area (Å²) in [5, 5.41) is 15.6. The lowest BCUT2D eigenvalue weighted by Gasteiger charge is -2.32. The molecule has 4 heterocycles. The number of alkyl halides is 1. The Kier molecular flexibility index (Phi) is 10.8. The van der Waals surface area contributed by atoms with Gasteiger partial charge in [0, 0.05) is 31.5 Å². The molecule has 5 aliphatic rings. The normalized spacial score (nSPS) is 30.4. The van der Waals surface area contributed by atoms with E-state index in [0.29, 0.717) is 41.9 Å². The molecule has 2 aliphatic carbocycles. The standard InChI is InChI=1S/C38H50FN7O9S/c1-22-8-4-5-9-24-19-38(24,34(49)44-56(52,53)37(21-39)12-13-37)43-31(47)29-18-26(20-46(29)33(48)30(23(2)16-22)41-36(50)51)55-32-27-11-10-25(54-3)17-28(27)40-35(42-32)45-14-6-7-15-45/h5,9-11,17,22-24,26,29-30,41H,4,6-8,12-16,18-21H2,1-3H3,(H,43,47)(H,44,49)(H,50,51)/t22-,23+,24+,26+,29-,30-,38+/m0/s1. The molecule has 7 rings (SSSR count). The zero-order chi connectivity index (χ0) is 40.0. The summed E-state index contributed by atoms with van der Waals surface area (Å²) in [6.07, 6.45) is 5.42. The van der Waals surface area contributed by atoms with Crippen molar-refractivity contribution in [3.63, 3.8) is 0 Å². The van der Waals surface area contributed by atoms with Crippen molar-refractivity contribution in [3.8, 4) is 11.6 Å². The summed E-state index contributed by atoms with van der Waals surface area (Å²) in [6.45, 7) is 4.07. The Balaban J connectivity index is 1.23. The molecule has 0 radical (unpaired) electrons. The maximum Gasteiger partial charge on any atom is 0.405 e. The summed E-state index contributed by atoms with van der Waals surface area (Å²) >= 11 is 0. The first kappa shape index (κ1) is 39.5. The van der Waals surface area contributed by atoms with Gasteiger partial charge in [-0.1, -0.05) is 26.0 Å². The highest BCUT2D eigenvalue weighted by Crippen LogP contribution is 2.48. The van der Waals surface area contributed by atoms with Gasteiger partial charge >= 0.3 is 6.09 Å². The maximum atomic E-state index is 14.5. The van der Waals surface area contributed by atoms with Gasteiger partial charge in [0.25, 0.3) is 5.91 Å². The molecular weight excluding hydrogens is 750 g/mol. The number of nitrogens with zero attached hydrogens (tertiary/aromatic N) is 4. The minimum absolute atomic E-state index is 0.0513. The number of amides is 4. The molecule has 18 heteroatoms. The fourth-order valence-corrected chi connectivity index (χ4v) is 9.81. The molecule has 304 valence electrons. The summed E-state index contributed by atoms with van der Waals surface area (Å²) in [5.74, 6) is -1.99. The number of methoxy groups -OCH3 is 1. The molecule has 2 saturated carbocycles. The molecule has 56 heavy (non-hydrogen) atoms. The Morgan fingerprint density at radius 2 is 1.88 bits per heavy atom. The SMILES string of the molecule is COc1ccc2c(O[C@@H]3C[C@H]4C(=O)N[C@]5(C(=O)NS(=O)(=O)C6(CF)CC6)C[C@H]5C=CCC[C@H](C)C[C@@H](C)[C@H](NC(=O)O)C(=O)N4C3)nc(N3CCCC3)nc2c1. The van der Waals surface area contributed by atoms with Crippen molar-refractivity contribution in [2.75, 3.05) is 38.3 Å². The molecule has 4 N–H and O–H groups in total. The second-order valence-corrected chi connectivity index (χ2v) is 18.2.